The van der Waals surface area contributed by atoms with Crippen LogP contribution in [0.4, 0.5) is 0 Å². The average molecular weight is 214 g/mol. The van der Waals surface area contributed by atoms with Crippen LogP contribution in [-0.4, -0.2) is 10.9 Å². The molecular formula is C13H14N2O. The Kier molecular flexibility index (Phi) is 2.86. The number of hydrogen-bond donors (Lipinski definition) is 1. The van der Waals surface area contributed by atoms with Crippen LogP contribution in [0.1, 0.15) is 24.8 Å². The van der Waals surface area contributed by atoms with Crippen LogP contribution in [0.5, 0.6) is 0 Å². The molecule has 0 bridgehead atoms. The Balaban J connectivity index is 2.49. The minimum atomic E-state index is -0.292. The maximum Gasteiger partial charge on any atom is 0.225 e. The molecule has 0 spiro atoms. The molecule has 1 heterocycles. The molecule has 3 heteroatoms. The second kappa shape index (κ2) is 4.31. The molecular weight excluding hydrogens is 200 g/mol. The molecule has 2 aromatic rings. The van der Waals surface area contributed by atoms with Gasteiger partial charge in [-0.2, -0.15) is 0 Å². The molecule has 2 rings (SSSR count). The predicted molar refractivity (Wildman–Crippen MR) is 64.0 cm³/mol. The molecule has 0 saturated heterocycles. The highest BCUT2D eigenvalue weighted by Gasteiger charge is 2.15. The largest absolute Gasteiger partial charge is 0.369 e. The molecule has 1 amide bonds. The van der Waals surface area contributed by atoms with Crippen LogP contribution in [0.3, 0.4) is 0 Å². The van der Waals surface area contributed by atoms with Gasteiger partial charge in [0, 0.05) is 11.6 Å². The van der Waals surface area contributed by atoms with Crippen molar-refractivity contribution in [2.45, 2.75) is 19.3 Å². The molecule has 0 saturated carbocycles. The number of benzene rings is 1. The fourth-order valence-electron chi connectivity index (χ4n) is 1.88. The summed E-state index contributed by atoms with van der Waals surface area (Å²) in [5, 5.41) is 1.04. The highest BCUT2D eigenvalue weighted by Crippen LogP contribution is 2.21. The maximum absolute atomic E-state index is 11.3. The molecule has 16 heavy (non-hydrogen) atoms. The van der Waals surface area contributed by atoms with Crippen molar-refractivity contribution >= 4 is 16.8 Å². The van der Waals surface area contributed by atoms with Gasteiger partial charge in [-0.25, -0.2) is 0 Å². The number of pyridine rings is 1. The summed E-state index contributed by atoms with van der Waals surface area (Å²) >= 11 is 0. The quantitative estimate of drug-likeness (QED) is 0.851. The molecule has 0 aliphatic rings. The molecule has 0 aliphatic carbocycles. The molecule has 1 atom stereocenters. The minimum absolute atomic E-state index is 0.239. The number of carbonyl (C=O) groups excluding carboxylic acids is 1. The zero-order chi connectivity index (χ0) is 11.5. The Labute approximate surface area is 94.3 Å². The van der Waals surface area contributed by atoms with Crippen molar-refractivity contribution in [3.05, 3.63) is 42.1 Å². The van der Waals surface area contributed by atoms with Gasteiger partial charge in [-0.3, -0.25) is 9.78 Å². The van der Waals surface area contributed by atoms with E-state index in [1.807, 2.05) is 37.3 Å². The van der Waals surface area contributed by atoms with E-state index >= 15 is 0 Å². The highest BCUT2D eigenvalue weighted by atomic mass is 16.1. The summed E-state index contributed by atoms with van der Waals surface area (Å²) < 4.78 is 0. The van der Waals surface area contributed by atoms with Gasteiger partial charge in [0.2, 0.25) is 5.91 Å². The number of nitrogens with two attached hydrogens (primary N) is 1. The van der Waals surface area contributed by atoms with Crippen molar-refractivity contribution in [1.29, 1.82) is 0 Å². The molecule has 2 N–H and O–H groups in total. The van der Waals surface area contributed by atoms with E-state index in [1.165, 1.54) is 0 Å². The van der Waals surface area contributed by atoms with Crippen LogP contribution >= 0.6 is 0 Å². The lowest BCUT2D eigenvalue weighted by Crippen LogP contribution is -2.20. The fraction of sp³-hybridized carbons (Fsp3) is 0.231. The number of para-hydroxylation sites is 1. The van der Waals surface area contributed by atoms with Gasteiger partial charge >= 0.3 is 0 Å². The lowest BCUT2D eigenvalue weighted by molar-refractivity contribution is -0.119. The van der Waals surface area contributed by atoms with Crippen molar-refractivity contribution < 1.29 is 4.79 Å². The van der Waals surface area contributed by atoms with Gasteiger partial charge in [-0.1, -0.05) is 25.1 Å². The standard InChI is InChI=1S/C13H14N2O/c1-2-11(13(14)16)10-7-9-5-3-4-6-12(9)15-8-10/h3-8,11H,2H2,1H3,(H2,14,16). The first kappa shape index (κ1) is 10.6. The van der Waals surface area contributed by atoms with E-state index in [0.29, 0.717) is 6.42 Å². The zero-order valence-corrected chi connectivity index (χ0v) is 9.18. The molecule has 1 unspecified atom stereocenters. The summed E-state index contributed by atoms with van der Waals surface area (Å²) in [7, 11) is 0. The van der Waals surface area contributed by atoms with E-state index in [4.69, 9.17) is 5.73 Å². The van der Waals surface area contributed by atoms with Gasteiger partial charge in [0.05, 0.1) is 11.4 Å². The number of nitrogens with zero attached hydrogens (tertiary/aromatic N) is 1. The van der Waals surface area contributed by atoms with Crippen LogP contribution in [-0.2, 0) is 4.79 Å². The van der Waals surface area contributed by atoms with E-state index in [1.54, 1.807) is 6.20 Å². The van der Waals surface area contributed by atoms with Crippen LogP contribution in [0.25, 0.3) is 10.9 Å². The van der Waals surface area contributed by atoms with Crippen molar-refractivity contribution in [1.82, 2.24) is 4.98 Å². The number of carbonyl (C=O) groups is 1. The van der Waals surface area contributed by atoms with Gasteiger partial charge < -0.3 is 5.73 Å². The minimum Gasteiger partial charge on any atom is -0.369 e. The van der Waals surface area contributed by atoms with E-state index < -0.39 is 0 Å². The van der Waals surface area contributed by atoms with E-state index in [9.17, 15) is 4.79 Å². The number of hydrogen-bond acceptors (Lipinski definition) is 2. The third kappa shape index (κ3) is 1.89. The van der Waals surface area contributed by atoms with E-state index in [-0.39, 0.29) is 11.8 Å². The lowest BCUT2D eigenvalue weighted by Gasteiger charge is -2.11. The SMILES string of the molecule is CCC(C(N)=O)c1cnc2ccccc2c1. The zero-order valence-electron chi connectivity index (χ0n) is 9.18. The Morgan fingerprint density at radius 1 is 1.44 bits per heavy atom. The van der Waals surface area contributed by atoms with Crippen molar-refractivity contribution in [3.8, 4) is 0 Å². The molecule has 3 nitrogen and oxygen atoms in total. The molecule has 1 aromatic carbocycles. The van der Waals surface area contributed by atoms with E-state index in [0.717, 1.165) is 16.5 Å². The first-order chi connectivity index (χ1) is 7.72. The number of rotatable bonds is 3. The van der Waals surface area contributed by atoms with Gasteiger partial charge in [0.15, 0.2) is 0 Å². The first-order valence-electron chi connectivity index (χ1n) is 5.36. The maximum atomic E-state index is 11.3. The van der Waals surface area contributed by atoms with Gasteiger partial charge in [-0.15, -0.1) is 0 Å². The van der Waals surface area contributed by atoms with Crippen molar-refractivity contribution in [3.63, 3.8) is 0 Å². The Bertz CT molecular complexity index is 522. The summed E-state index contributed by atoms with van der Waals surface area (Å²) in [6.45, 7) is 1.95. The smallest absolute Gasteiger partial charge is 0.225 e. The number of amides is 1. The predicted octanol–water partition coefficient (Wildman–Crippen LogP) is 2.21. The summed E-state index contributed by atoms with van der Waals surface area (Å²) in [6, 6.07) is 9.82. The van der Waals surface area contributed by atoms with Crippen LogP contribution < -0.4 is 5.73 Å². The average Bonchev–Trinajstić information content (AvgIpc) is 2.29. The van der Waals surface area contributed by atoms with Crippen molar-refractivity contribution in [2.75, 3.05) is 0 Å². The Morgan fingerprint density at radius 2 is 2.19 bits per heavy atom. The highest BCUT2D eigenvalue weighted by molar-refractivity contribution is 5.84. The monoisotopic (exact) mass is 214 g/mol. The third-order valence-corrected chi connectivity index (χ3v) is 2.77. The van der Waals surface area contributed by atoms with Crippen LogP contribution in [0.2, 0.25) is 0 Å². The molecule has 0 fully saturated rings. The first-order valence-corrected chi connectivity index (χ1v) is 5.36. The Hall–Kier alpha value is -1.90. The second-order valence-electron chi connectivity index (χ2n) is 3.82. The summed E-state index contributed by atoms with van der Waals surface area (Å²) in [6.07, 6.45) is 2.44. The van der Waals surface area contributed by atoms with Crippen molar-refractivity contribution in [2.24, 2.45) is 5.73 Å². The van der Waals surface area contributed by atoms with E-state index in [2.05, 4.69) is 4.98 Å². The summed E-state index contributed by atoms with van der Waals surface area (Å²) in [5.41, 5.74) is 7.19. The van der Waals surface area contributed by atoms with Gasteiger partial charge in [0.1, 0.15) is 0 Å². The van der Waals surface area contributed by atoms with Gasteiger partial charge in [-0.05, 0) is 24.1 Å². The molecule has 0 radical (unpaired) electrons. The molecule has 0 aliphatic heterocycles. The molecule has 1 aromatic heterocycles. The summed E-state index contributed by atoms with van der Waals surface area (Å²) in [5.74, 6) is -0.531. The number of aromatic nitrogens is 1. The second-order valence-corrected chi connectivity index (χ2v) is 3.82. The van der Waals surface area contributed by atoms with Crippen LogP contribution in [0, 0.1) is 0 Å². The fourth-order valence-corrected chi connectivity index (χ4v) is 1.88. The lowest BCUT2D eigenvalue weighted by atomic mass is 9.96. The topological polar surface area (TPSA) is 56.0 Å². The Morgan fingerprint density at radius 3 is 2.88 bits per heavy atom. The normalized spacial score (nSPS) is 12.6. The summed E-state index contributed by atoms with van der Waals surface area (Å²) in [4.78, 5) is 15.6. The number of primary amides is 1. The number of fused-ring (bicyclic) bond motifs is 1. The third-order valence-electron chi connectivity index (χ3n) is 2.77. The van der Waals surface area contributed by atoms with Gasteiger partial charge in [0.25, 0.3) is 0 Å². The molecule has 82 valence electrons. The van der Waals surface area contributed by atoms with Crippen LogP contribution in [0.15, 0.2) is 36.5 Å².